The number of carbonyl (C=O) groups excluding carboxylic acids is 1. The van der Waals surface area contributed by atoms with Gasteiger partial charge in [-0.1, -0.05) is 24.3 Å². The maximum Gasteiger partial charge on any atom is 0.227 e. The van der Waals surface area contributed by atoms with Crippen LogP contribution >= 0.6 is 0 Å². The normalized spacial score (nSPS) is 15.6. The van der Waals surface area contributed by atoms with Gasteiger partial charge in [0.2, 0.25) is 5.95 Å². The molecule has 1 fully saturated rings. The van der Waals surface area contributed by atoms with E-state index in [9.17, 15) is 17.6 Å². The summed E-state index contributed by atoms with van der Waals surface area (Å²) in [6.07, 6.45) is 4.69. The molecule has 5 rings (SSSR count). The Morgan fingerprint density at radius 1 is 1.16 bits per heavy atom. The number of halogens is 1. The van der Waals surface area contributed by atoms with Crippen molar-refractivity contribution in [2.75, 3.05) is 58.0 Å². The third kappa shape index (κ3) is 6.77. The predicted molar refractivity (Wildman–Crippen MR) is 165 cm³/mol. The zero-order chi connectivity index (χ0) is 30.7. The number of H-pyrrole nitrogens is 1. The number of ether oxygens (including phenoxy) is 1. The highest BCUT2D eigenvalue weighted by atomic mass is 32.2. The summed E-state index contributed by atoms with van der Waals surface area (Å²) in [4.78, 5) is 30.0. The molecule has 1 atom stereocenters. The van der Waals surface area contributed by atoms with Crippen LogP contribution in [0.4, 0.5) is 16.0 Å². The lowest BCUT2D eigenvalue weighted by molar-refractivity contribution is -0.126. The second-order valence-electron chi connectivity index (χ2n) is 10.9. The van der Waals surface area contributed by atoms with Crippen LogP contribution in [0.25, 0.3) is 22.2 Å². The number of carbonyl (C=O) groups is 1. The molecule has 2 aromatic heterocycles. The van der Waals surface area contributed by atoms with Crippen molar-refractivity contribution in [1.29, 1.82) is 0 Å². The number of sulfone groups is 1. The van der Waals surface area contributed by atoms with E-state index in [1.54, 1.807) is 6.20 Å². The number of likely N-dealkylation sites (N-methyl/N-ethyl adjacent to an activating group) is 1. The Labute approximate surface area is 251 Å². The second kappa shape index (κ2) is 12.9. The molecule has 0 radical (unpaired) electrons. The molecular formula is C31H37FN6O4S. The second-order valence-corrected chi connectivity index (χ2v) is 12.9. The molecular weight excluding hydrogens is 571 g/mol. The molecule has 3 heterocycles. The van der Waals surface area contributed by atoms with Crippen LogP contribution in [0.1, 0.15) is 18.1 Å². The summed E-state index contributed by atoms with van der Waals surface area (Å²) >= 11 is 0. The third-order valence-electron chi connectivity index (χ3n) is 7.83. The lowest BCUT2D eigenvalue weighted by Crippen LogP contribution is -2.53. The van der Waals surface area contributed by atoms with Crippen molar-refractivity contribution in [3.8, 4) is 11.3 Å². The van der Waals surface area contributed by atoms with Crippen LogP contribution in [0.5, 0.6) is 0 Å². The Hall–Kier alpha value is -3.71. The number of nitrogens with one attached hydrogen (secondary N) is 2. The van der Waals surface area contributed by atoms with Gasteiger partial charge in [-0.15, -0.1) is 0 Å². The number of fused-ring (bicyclic) bond motifs is 1. The van der Waals surface area contributed by atoms with Gasteiger partial charge in [0.05, 0.1) is 24.0 Å². The van der Waals surface area contributed by atoms with E-state index in [-0.39, 0.29) is 29.9 Å². The van der Waals surface area contributed by atoms with Gasteiger partial charge >= 0.3 is 0 Å². The molecule has 2 N–H and O–H groups in total. The first-order valence-electron chi connectivity index (χ1n) is 14.3. The quantitative estimate of drug-likeness (QED) is 0.261. The van der Waals surface area contributed by atoms with Gasteiger partial charge in [-0.05, 0) is 44.2 Å². The SMILES string of the molecule is CCOC[C@H](C(=O)Cc1cccc2c(-c3nc(Nc4cccc(S(C)(=O)=O)c4F)ncc3C)c[nH]c12)N1CCN(C)CC1. The molecule has 2 aromatic carbocycles. The number of aromatic amines is 1. The molecule has 1 aliphatic heterocycles. The van der Waals surface area contributed by atoms with E-state index in [0.29, 0.717) is 18.9 Å². The number of piperazine rings is 1. The van der Waals surface area contributed by atoms with E-state index in [1.807, 2.05) is 38.2 Å². The summed E-state index contributed by atoms with van der Waals surface area (Å²) in [5, 5.41) is 3.72. The standard InChI is InChI=1S/C31H37FN6O4S/c1-5-42-19-25(38-14-12-37(3)13-15-38)26(39)16-21-8-6-9-22-23(18-33-30(21)22)29-20(2)17-34-31(36-29)35-24-10-7-11-27(28(24)32)43(4,40)41/h6-11,17-18,25,33H,5,12-16,19H2,1-4H3,(H,34,35,36)/t25-/m1/s1. The number of anilines is 2. The van der Waals surface area contributed by atoms with Crippen molar-refractivity contribution in [2.24, 2.45) is 0 Å². The average molecular weight is 609 g/mol. The third-order valence-corrected chi connectivity index (χ3v) is 8.95. The molecule has 0 saturated carbocycles. The zero-order valence-electron chi connectivity index (χ0n) is 24.9. The Morgan fingerprint density at radius 2 is 1.91 bits per heavy atom. The van der Waals surface area contributed by atoms with Crippen LogP contribution in [0.2, 0.25) is 0 Å². The topological polar surface area (TPSA) is 121 Å². The van der Waals surface area contributed by atoms with Crippen LogP contribution in [0, 0.1) is 12.7 Å². The number of benzene rings is 2. The van der Waals surface area contributed by atoms with Gasteiger partial charge in [-0.3, -0.25) is 9.69 Å². The monoisotopic (exact) mass is 608 g/mol. The lowest BCUT2D eigenvalue weighted by atomic mass is 9.99. The Bertz CT molecular complexity index is 1730. The number of hydrogen-bond acceptors (Lipinski definition) is 9. The number of Topliss-reactive ketones (excluding diaryl/α,β-unsaturated/α-hetero) is 1. The summed E-state index contributed by atoms with van der Waals surface area (Å²) < 4.78 is 44.7. The largest absolute Gasteiger partial charge is 0.380 e. The Balaban J connectivity index is 1.43. The van der Waals surface area contributed by atoms with Crippen molar-refractivity contribution >= 4 is 38.2 Å². The van der Waals surface area contributed by atoms with Crippen molar-refractivity contribution in [3.63, 3.8) is 0 Å². The molecule has 0 bridgehead atoms. The molecule has 0 spiro atoms. The van der Waals surface area contributed by atoms with E-state index >= 15 is 0 Å². The zero-order valence-corrected chi connectivity index (χ0v) is 25.7. The lowest BCUT2D eigenvalue weighted by Gasteiger charge is -2.37. The molecule has 4 aromatic rings. The average Bonchev–Trinajstić information content (AvgIpc) is 3.40. The summed E-state index contributed by atoms with van der Waals surface area (Å²) in [5.74, 6) is -0.655. The first kappa shape index (κ1) is 30.7. The van der Waals surface area contributed by atoms with Gasteiger partial charge in [-0.2, -0.15) is 0 Å². The molecule has 228 valence electrons. The van der Waals surface area contributed by atoms with E-state index in [1.165, 1.54) is 18.2 Å². The van der Waals surface area contributed by atoms with Crippen LogP contribution in [0.15, 0.2) is 53.7 Å². The number of hydrogen-bond donors (Lipinski definition) is 2. The molecule has 0 amide bonds. The number of aromatic nitrogens is 3. The Kier molecular flexibility index (Phi) is 9.21. The highest BCUT2D eigenvalue weighted by Gasteiger charge is 2.29. The number of para-hydroxylation sites is 1. The summed E-state index contributed by atoms with van der Waals surface area (Å²) in [6, 6.07) is 9.66. The maximum atomic E-state index is 15.0. The van der Waals surface area contributed by atoms with Crippen LogP contribution in [-0.4, -0.2) is 97.7 Å². The van der Waals surface area contributed by atoms with Crippen molar-refractivity contribution in [3.05, 3.63) is 65.7 Å². The molecule has 1 saturated heterocycles. The fraction of sp³-hybridized carbons (Fsp3) is 0.387. The van der Waals surface area contributed by atoms with Crippen molar-refractivity contribution in [2.45, 2.75) is 31.2 Å². The summed E-state index contributed by atoms with van der Waals surface area (Å²) in [6.45, 7) is 8.21. The Morgan fingerprint density at radius 3 is 2.63 bits per heavy atom. The number of nitrogens with zero attached hydrogens (tertiary/aromatic N) is 4. The summed E-state index contributed by atoms with van der Waals surface area (Å²) in [5.41, 5.74) is 3.92. The predicted octanol–water partition coefficient (Wildman–Crippen LogP) is 3.98. The van der Waals surface area contributed by atoms with Gasteiger partial charge in [-0.25, -0.2) is 22.8 Å². The van der Waals surface area contributed by atoms with E-state index < -0.39 is 20.5 Å². The van der Waals surface area contributed by atoms with Gasteiger partial charge in [0.25, 0.3) is 0 Å². The molecule has 0 unspecified atom stereocenters. The fourth-order valence-corrected chi connectivity index (χ4v) is 6.18. The van der Waals surface area contributed by atoms with Crippen molar-refractivity contribution in [1.82, 2.24) is 24.8 Å². The first-order chi connectivity index (χ1) is 20.6. The molecule has 1 aliphatic rings. The van der Waals surface area contributed by atoms with Gasteiger partial charge < -0.3 is 19.9 Å². The smallest absolute Gasteiger partial charge is 0.227 e. The number of ketones is 1. The van der Waals surface area contributed by atoms with Crippen LogP contribution < -0.4 is 5.32 Å². The van der Waals surface area contributed by atoms with E-state index in [0.717, 1.165) is 60.0 Å². The number of aryl methyl sites for hydroxylation is 1. The summed E-state index contributed by atoms with van der Waals surface area (Å²) in [7, 11) is -1.66. The van der Waals surface area contributed by atoms with Gasteiger partial charge in [0, 0.05) is 74.3 Å². The highest BCUT2D eigenvalue weighted by Crippen LogP contribution is 2.33. The first-order valence-corrected chi connectivity index (χ1v) is 16.2. The molecule has 10 nitrogen and oxygen atoms in total. The highest BCUT2D eigenvalue weighted by molar-refractivity contribution is 7.90. The fourth-order valence-electron chi connectivity index (χ4n) is 5.42. The molecule has 43 heavy (non-hydrogen) atoms. The van der Waals surface area contributed by atoms with Gasteiger partial charge in [0.1, 0.15) is 4.90 Å². The molecule has 12 heteroatoms. The minimum absolute atomic E-state index is 0.0422. The number of rotatable bonds is 11. The minimum Gasteiger partial charge on any atom is -0.380 e. The maximum absolute atomic E-state index is 15.0. The van der Waals surface area contributed by atoms with Crippen LogP contribution in [-0.2, 0) is 25.8 Å². The minimum atomic E-state index is -3.75. The van der Waals surface area contributed by atoms with Crippen molar-refractivity contribution < 1.29 is 22.3 Å². The van der Waals surface area contributed by atoms with E-state index in [2.05, 4.69) is 37.1 Å². The van der Waals surface area contributed by atoms with E-state index in [4.69, 9.17) is 4.74 Å². The van der Waals surface area contributed by atoms with Crippen LogP contribution in [0.3, 0.4) is 0 Å². The van der Waals surface area contributed by atoms with Gasteiger partial charge in [0.15, 0.2) is 21.4 Å². The molecule has 0 aliphatic carbocycles.